The van der Waals surface area contributed by atoms with Gasteiger partial charge in [0.15, 0.2) is 0 Å². The molecule has 0 aliphatic carbocycles. The Hall–Kier alpha value is -2.42. The Labute approximate surface area is 217 Å². The fraction of sp³-hybridized carbons (Fsp3) is 0.269. The van der Waals surface area contributed by atoms with E-state index in [2.05, 4.69) is 5.32 Å². The number of benzene rings is 3. The summed E-state index contributed by atoms with van der Waals surface area (Å²) in [6.45, 7) is 4.27. The lowest BCUT2D eigenvalue weighted by molar-refractivity contribution is 0.0526. The van der Waals surface area contributed by atoms with E-state index in [0.29, 0.717) is 18.0 Å². The molecule has 3 rings (SSSR count). The van der Waals surface area contributed by atoms with Crippen LogP contribution >= 0.6 is 24.0 Å². The third-order valence-corrected chi connectivity index (χ3v) is 7.33. The van der Waals surface area contributed by atoms with Gasteiger partial charge >= 0.3 is 5.97 Å². The lowest BCUT2D eigenvalue weighted by Gasteiger charge is -2.18. The van der Waals surface area contributed by atoms with E-state index in [0.717, 1.165) is 11.1 Å². The molecule has 2 N–H and O–H groups in total. The summed E-state index contributed by atoms with van der Waals surface area (Å²) in [6.07, 6.45) is -0.0277. The highest BCUT2D eigenvalue weighted by Gasteiger charge is 2.20. The summed E-state index contributed by atoms with van der Waals surface area (Å²) < 4.78 is 31.0. The van der Waals surface area contributed by atoms with Crippen molar-refractivity contribution in [3.05, 3.63) is 94.5 Å². The van der Waals surface area contributed by atoms with Crippen LogP contribution in [0.4, 0.5) is 0 Å². The third-order valence-electron chi connectivity index (χ3n) is 5.32. The minimum Gasteiger partial charge on any atom is -0.462 e. The molecule has 3 aromatic rings. The average Bonchev–Trinajstić information content (AvgIpc) is 2.83. The van der Waals surface area contributed by atoms with Gasteiger partial charge in [-0.15, -0.1) is 12.4 Å². The molecule has 9 heteroatoms. The van der Waals surface area contributed by atoms with E-state index < -0.39 is 21.9 Å². The molecule has 2 atom stereocenters. The van der Waals surface area contributed by atoms with Crippen LogP contribution in [0.3, 0.4) is 0 Å². The van der Waals surface area contributed by atoms with Gasteiger partial charge in [0, 0.05) is 17.6 Å². The molecule has 0 saturated heterocycles. The van der Waals surface area contributed by atoms with Gasteiger partial charge in [-0.05, 0) is 73.9 Å². The van der Waals surface area contributed by atoms with Gasteiger partial charge in [-0.2, -0.15) is 0 Å². The van der Waals surface area contributed by atoms with Crippen molar-refractivity contribution in [1.82, 2.24) is 5.32 Å². The number of hydrogen-bond acceptors (Lipinski definition) is 6. The van der Waals surface area contributed by atoms with Crippen molar-refractivity contribution in [2.75, 3.05) is 13.2 Å². The van der Waals surface area contributed by atoms with Crippen molar-refractivity contribution in [3.63, 3.8) is 0 Å². The SMILES string of the molecule is CCOC(=O)c1cccc(S(=O)(=O)c2ccc(C[C@@H](C)NC[C@@H](O)c3cccc(Cl)c3)cc2)c1.Cl. The maximum atomic E-state index is 13.0. The van der Waals surface area contributed by atoms with Crippen LogP contribution in [-0.4, -0.2) is 38.7 Å². The monoisotopic (exact) mass is 537 g/mol. The van der Waals surface area contributed by atoms with Gasteiger partial charge in [0.1, 0.15) is 0 Å². The second-order valence-corrected chi connectivity index (χ2v) is 10.4. The first-order valence-electron chi connectivity index (χ1n) is 11.0. The topological polar surface area (TPSA) is 92.7 Å². The summed E-state index contributed by atoms with van der Waals surface area (Å²) in [5, 5.41) is 14.2. The highest BCUT2D eigenvalue weighted by atomic mass is 35.5. The van der Waals surface area contributed by atoms with E-state index in [9.17, 15) is 18.3 Å². The molecule has 0 saturated carbocycles. The Kier molecular flexibility index (Phi) is 10.7. The van der Waals surface area contributed by atoms with E-state index in [1.807, 2.05) is 13.0 Å². The first-order chi connectivity index (χ1) is 16.2. The number of nitrogens with one attached hydrogen (secondary N) is 1. The molecule has 0 unspecified atom stereocenters. The van der Waals surface area contributed by atoms with Crippen molar-refractivity contribution < 1.29 is 23.1 Å². The lowest BCUT2D eigenvalue weighted by atomic mass is 10.1. The van der Waals surface area contributed by atoms with Crippen LogP contribution in [0.1, 0.15) is 41.4 Å². The zero-order valence-corrected chi connectivity index (χ0v) is 21.9. The summed E-state index contributed by atoms with van der Waals surface area (Å²) in [5.41, 5.74) is 1.89. The molecule has 3 aromatic carbocycles. The molecule has 35 heavy (non-hydrogen) atoms. The van der Waals surface area contributed by atoms with Gasteiger partial charge in [-0.3, -0.25) is 0 Å². The van der Waals surface area contributed by atoms with Crippen LogP contribution in [0.5, 0.6) is 0 Å². The van der Waals surface area contributed by atoms with Gasteiger partial charge in [0.2, 0.25) is 9.84 Å². The number of ether oxygens (including phenoxy) is 1. The highest BCUT2D eigenvalue weighted by Crippen LogP contribution is 2.23. The Morgan fingerprint density at radius 1 is 1.03 bits per heavy atom. The van der Waals surface area contributed by atoms with Gasteiger partial charge in [-0.25, -0.2) is 13.2 Å². The van der Waals surface area contributed by atoms with E-state index in [1.165, 1.54) is 24.3 Å². The van der Waals surface area contributed by atoms with Crippen LogP contribution in [0.2, 0.25) is 5.02 Å². The number of aliphatic hydroxyl groups is 1. The number of hydrogen-bond donors (Lipinski definition) is 2. The van der Waals surface area contributed by atoms with Crippen molar-refractivity contribution in [2.24, 2.45) is 0 Å². The van der Waals surface area contributed by atoms with Crippen LogP contribution in [0.15, 0.2) is 82.6 Å². The van der Waals surface area contributed by atoms with E-state index in [-0.39, 0.29) is 40.4 Å². The predicted octanol–water partition coefficient (Wildman–Crippen LogP) is 5.03. The van der Waals surface area contributed by atoms with E-state index >= 15 is 0 Å². The third kappa shape index (κ3) is 7.78. The molecule has 0 aliphatic rings. The Morgan fingerprint density at radius 3 is 2.37 bits per heavy atom. The Balaban J connectivity index is 0.00000432. The summed E-state index contributed by atoms with van der Waals surface area (Å²) >= 11 is 5.98. The molecular weight excluding hydrogens is 509 g/mol. The number of halogens is 2. The Bertz CT molecular complexity index is 1230. The molecule has 0 aromatic heterocycles. The predicted molar refractivity (Wildman–Crippen MR) is 139 cm³/mol. The zero-order valence-electron chi connectivity index (χ0n) is 19.5. The van der Waals surface area contributed by atoms with Crippen LogP contribution in [0, 0.1) is 0 Å². The fourth-order valence-corrected chi connectivity index (χ4v) is 5.02. The Morgan fingerprint density at radius 2 is 1.71 bits per heavy atom. The average molecular weight is 538 g/mol. The largest absolute Gasteiger partial charge is 0.462 e. The summed E-state index contributed by atoms with van der Waals surface area (Å²) in [5.74, 6) is -0.558. The second-order valence-electron chi connectivity index (χ2n) is 7.98. The minimum absolute atomic E-state index is 0. The molecule has 0 spiro atoms. The number of sulfone groups is 1. The molecule has 0 radical (unpaired) electrons. The van der Waals surface area contributed by atoms with E-state index in [1.54, 1.807) is 49.4 Å². The molecule has 6 nitrogen and oxygen atoms in total. The molecular formula is C26H29Cl2NO5S. The molecule has 0 aliphatic heterocycles. The van der Waals surface area contributed by atoms with E-state index in [4.69, 9.17) is 16.3 Å². The molecule has 0 fully saturated rings. The summed E-state index contributed by atoms with van der Waals surface area (Å²) in [6, 6.07) is 19.7. The van der Waals surface area contributed by atoms with Crippen LogP contribution in [-0.2, 0) is 21.0 Å². The molecule has 0 amide bonds. The number of aliphatic hydroxyl groups excluding tert-OH is 1. The van der Waals surface area contributed by atoms with Crippen molar-refractivity contribution in [2.45, 2.75) is 42.2 Å². The van der Waals surface area contributed by atoms with Crippen molar-refractivity contribution in [1.29, 1.82) is 0 Å². The lowest BCUT2D eigenvalue weighted by Crippen LogP contribution is -2.32. The second kappa shape index (κ2) is 13.0. The van der Waals surface area contributed by atoms with Crippen molar-refractivity contribution in [3.8, 4) is 0 Å². The maximum Gasteiger partial charge on any atom is 0.338 e. The first kappa shape index (κ1) is 28.8. The number of rotatable bonds is 10. The quantitative estimate of drug-likeness (QED) is 0.352. The highest BCUT2D eigenvalue weighted by molar-refractivity contribution is 7.91. The van der Waals surface area contributed by atoms with Gasteiger partial charge in [0.25, 0.3) is 0 Å². The number of carbonyl (C=O) groups is 1. The van der Waals surface area contributed by atoms with Gasteiger partial charge < -0.3 is 15.2 Å². The van der Waals surface area contributed by atoms with Crippen molar-refractivity contribution >= 4 is 39.8 Å². The molecule has 0 heterocycles. The number of esters is 1. The summed E-state index contributed by atoms with van der Waals surface area (Å²) in [4.78, 5) is 12.1. The fourth-order valence-electron chi connectivity index (χ4n) is 3.52. The van der Waals surface area contributed by atoms with Gasteiger partial charge in [0.05, 0.1) is 28.1 Å². The van der Waals surface area contributed by atoms with Crippen LogP contribution in [0.25, 0.3) is 0 Å². The van der Waals surface area contributed by atoms with Gasteiger partial charge in [-0.1, -0.05) is 41.9 Å². The minimum atomic E-state index is -3.78. The first-order valence-corrected chi connectivity index (χ1v) is 12.8. The molecule has 188 valence electrons. The molecule has 0 bridgehead atoms. The normalized spacial score (nSPS) is 12.9. The number of carbonyl (C=O) groups excluding carboxylic acids is 1. The smallest absolute Gasteiger partial charge is 0.338 e. The zero-order chi connectivity index (χ0) is 24.7. The maximum absolute atomic E-state index is 13.0. The standard InChI is InChI=1S/C26H28ClNO5S.ClH/c1-3-33-26(30)21-7-5-9-24(16-21)34(31,32)23-12-10-19(11-13-23)14-18(2)28-17-25(29)20-6-4-8-22(27)15-20;/h4-13,15-16,18,25,28-29H,3,14,17H2,1-2H3;1H/t18-,25-;/m1./s1. The van der Waals surface area contributed by atoms with Crippen LogP contribution < -0.4 is 5.32 Å². The summed E-state index contributed by atoms with van der Waals surface area (Å²) in [7, 11) is -3.78.